The highest BCUT2D eigenvalue weighted by molar-refractivity contribution is 7.92. The van der Waals surface area contributed by atoms with Gasteiger partial charge in [-0.2, -0.15) is 0 Å². The van der Waals surface area contributed by atoms with Gasteiger partial charge in [0.25, 0.3) is 5.69 Å². The van der Waals surface area contributed by atoms with E-state index < -0.39 is 21.0 Å². The van der Waals surface area contributed by atoms with Crippen molar-refractivity contribution >= 4 is 44.4 Å². The molecule has 1 aliphatic heterocycles. The van der Waals surface area contributed by atoms with Crippen LogP contribution in [0.1, 0.15) is 34.7 Å². The molecule has 3 heterocycles. The number of aryl methyl sites for hydroxylation is 1. The summed E-state index contributed by atoms with van der Waals surface area (Å²) in [6.45, 7) is 3.91. The molecule has 4 aromatic rings. The Balaban J connectivity index is 1.70. The van der Waals surface area contributed by atoms with Crippen LogP contribution in [0.15, 0.2) is 66.9 Å². The Morgan fingerprint density at radius 3 is 2.42 bits per heavy atom. The van der Waals surface area contributed by atoms with Gasteiger partial charge in [0.1, 0.15) is 11.5 Å². The number of hydrogen-bond acceptors (Lipinski definition) is 8. The highest BCUT2D eigenvalue weighted by atomic mass is 32.2. The number of rotatable bonds is 9. The minimum absolute atomic E-state index is 0.0759. The van der Waals surface area contributed by atoms with Crippen LogP contribution in [0, 0.1) is 24.0 Å². The average Bonchev–Trinajstić information content (AvgIpc) is 3.46. The van der Waals surface area contributed by atoms with Crippen molar-refractivity contribution in [2.24, 2.45) is 0 Å². The first-order chi connectivity index (χ1) is 20.4. The lowest BCUT2D eigenvalue weighted by Crippen LogP contribution is -2.29. The Hall–Kier alpha value is -4.69. The monoisotopic (exact) mass is 622 g/mol. The van der Waals surface area contributed by atoms with E-state index in [0.717, 1.165) is 28.9 Å². The van der Waals surface area contributed by atoms with Gasteiger partial charge in [-0.3, -0.25) is 19.8 Å². The maximum atomic E-state index is 12.1. The van der Waals surface area contributed by atoms with E-state index in [-0.39, 0.29) is 17.4 Å². The van der Waals surface area contributed by atoms with Crippen LogP contribution in [0.3, 0.4) is 0 Å². The lowest BCUT2D eigenvalue weighted by atomic mass is 9.96. The van der Waals surface area contributed by atoms with Gasteiger partial charge in [0.05, 0.1) is 60.6 Å². The number of hydrogen-bond donors (Lipinski definition) is 2. The van der Waals surface area contributed by atoms with Crippen LogP contribution in [0.5, 0.6) is 11.5 Å². The van der Waals surface area contributed by atoms with Gasteiger partial charge in [0.2, 0.25) is 10.0 Å². The smallest absolute Gasteiger partial charge is 0.273 e. The van der Waals surface area contributed by atoms with Crippen molar-refractivity contribution in [3.05, 3.63) is 99.6 Å². The summed E-state index contributed by atoms with van der Waals surface area (Å²) in [5.74, 6) is 0.709. The lowest BCUT2D eigenvalue weighted by molar-refractivity contribution is -0.384. The first-order valence-electron chi connectivity index (χ1n) is 13.1. The topological polar surface area (TPSA) is 141 Å². The van der Waals surface area contributed by atoms with Gasteiger partial charge in [-0.1, -0.05) is 6.07 Å². The third-order valence-electron chi connectivity index (χ3n) is 7.26. The Morgan fingerprint density at radius 1 is 1.05 bits per heavy atom. The summed E-state index contributed by atoms with van der Waals surface area (Å²) in [5, 5.41) is 15.3. The molecule has 0 spiro atoms. The van der Waals surface area contributed by atoms with Gasteiger partial charge in [-0.15, -0.1) is 0 Å². The SMILES string of the molecule is COc1ccc(N2C(=S)NC(c3ccccn3)C2c2cc(C)n(-c3ccc([N+](=O)[O-])cc3OC)c2C)cc1NS(C)(=O)=O. The first-order valence-corrected chi connectivity index (χ1v) is 15.4. The molecule has 2 unspecified atom stereocenters. The second kappa shape index (κ2) is 11.5. The van der Waals surface area contributed by atoms with Crippen LogP contribution >= 0.6 is 12.2 Å². The molecular formula is C29H30N6O6S2. The Kier molecular flexibility index (Phi) is 7.99. The third kappa shape index (κ3) is 5.70. The molecule has 43 heavy (non-hydrogen) atoms. The molecule has 0 saturated carbocycles. The summed E-state index contributed by atoms with van der Waals surface area (Å²) >= 11 is 5.87. The minimum Gasteiger partial charge on any atom is -0.495 e. The molecule has 12 nitrogen and oxygen atoms in total. The van der Waals surface area contributed by atoms with Crippen molar-refractivity contribution in [2.75, 3.05) is 30.1 Å². The van der Waals surface area contributed by atoms with Gasteiger partial charge >= 0.3 is 0 Å². The maximum absolute atomic E-state index is 12.1. The van der Waals surface area contributed by atoms with Crippen molar-refractivity contribution in [3.8, 4) is 17.2 Å². The van der Waals surface area contributed by atoms with Crippen molar-refractivity contribution < 1.29 is 22.8 Å². The number of aromatic nitrogens is 2. The highest BCUT2D eigenvalue weighted by Gasteiger charge is 2.42. The number of anilines is 2. The minimum atomic E-state index is -3.60. The lowest BCUT2D eigenvalue weighted by Gasteiger charge is -2.29. The van der Waals surface area contributed by atoms with E-state index in [4.69, 9.17) is 21.7 Å². The molecule has 5 rings (SSSR count). The molecule has 2 atom stereocenters. The summed E-state index contributed by atoms with van der Waals surface area (Å²) < 4.78 is 39.8. The Morgan fingerprint density at radius 2 is 1.79 bits per heavy atom. The second-order valence-corrected chi connectivity index (χ2v) is 12.2. The fraction of sp³-hybridized carbons (Fsp3) is 0.241. The molecule has 0 aliphatic carbocycles. The average molecular weight is 623 g/mol. The molecule has 224 valence electrons. The Bertz CT molecular complexity index is 1830. The molecule has 2 aromatic heterocycles. The summed E-state index contributed by atoms with van der Waals surface area (Å²) in [7, 11) is -0.664. The molecule has 1 fully saturated rings. The molecule has 0 radical (unpaired) electrons. The van der Waals surface area contributed by atoms with E-state index >= 15 is 0 Å². The zero-order valence-electron chi connectivity index (χ0n) is 24.1. The normalized spacial score (nSPS) is 16.6. The first kappa shape index (κ1) is 29.8. The number of pyridine rings is 1. The van der Waals surface area contributed by atoms with Crippen LogP contribution in [-0.4, -0.2) is 48.5 Å². The predicted molar refractivity (Wildman–Crippen MR) is 168 cm³/mol. The number of ether oxygens (including phenoxy) is 2. The fourth-order valence-corrected chi connectivity index (χ4v) is 6.40. The zero-order chi connectivity index (χ0) is 31.1. The molecule has 2 N–H and O–H groups in total. The predicted octanol–water partition coefficient (Wildman–Crippen LogP) is 4.96. The molecule has 0 amide bonds. The van der Waals surface area contributed by atoms with Crippen LogP contribution < -0.4 is 24.4 Å². The van der Waals surface area contributed by atoms with E-state index in [1.54, 1.807) is 24.4 Å². The second-order valence-electron chi connectivity index (χ2n) is 10.0. The van der Waals surface area contributed by atoms with E-state index in [1.165, 1.54) is 26.4 Å². The van der Waals surface area contributed by atoms with E-state index in [0.29, 0.717) is 28.0 Å². The number of methoxy groups -OCH3 is 2. The van der Waals surface area contributed by atoms with Gasteiger partial charge < -0.3 is 24.3 Å². The van der Waals surface area contributed by atoms with E-state index in [1.807, 2.05) is 53.6 Å². The van der Waals surface area contributed by atoms with Gasteiger partial charge in [0.15, 0.2) is 5.11 Å². The number of thiocarbonyl (C=S) groups is 1. The number of nitrogens with zero attached hydrogens (tertiary/aromatic N) is 4. The quantitative estimate of drug-likeness (QED) is 0.149. The van der Waals surface area contributed by atoms with Crippen molar-refractivity contribution in [1.29, 1.82) is 0 Å². The standard InChI is InChI=1S/C29H30N6O6S2/c1-17-14-21(18(2)33(17)24-11-9-20(35(36)37)16-26(24)41-4)28-27(22-8-6-7-13-30-22)31-29(42)34(28)19-10-12-25(40-3)23(15-19)32-43(5,38)39/h6-16,27-28,32H,1-5H3,(H,31,42). The maximum Gasteiger partial charge on any atom is 0.273 e. The highest BCUT2D eigenvalue weighted by Crippen LogP contribution is 2.45. The molecule has 2 aromatic carbocycles. The molecule has 1 saturated heterocycles. The van der Waals surface area contributed by atoms with Crippen LogP contribution in [0.4, 0.5) is 17.1 Å². The summed E-state index contributed by atoms with van der Waals surface area (Å²) in [6, 6.07) is 16.6. The summed E-state index contributed by atoms with van der Waals surface area (Å²) in [5.41, 5.74) is 4.87. The number of sulfonamides is 1. The van der Waals surface area contributed by atoms with Crippen LogP contribution in [-0.2, 0) is 10.0 Å². The van der Waals surface area contributed by atoms with Gasteiger partial charge in [0, 0.05) is 29.3 Å². The third-order valence-corrected chi connectivity index (χ3v) is 8.16. The number of nitro benzene ring substituents is 1. The van der Waals surface area contributed by atoms with Crippen LogP contribution in [0.25, 0.3) is 5.69 Å². The Labute approximate surface area is 254 Å². The molecule has 1 aliphatic rings. The summed E-state index contributed by atoms with van der Waals surface area (Å²) in [4.78, 5) is 17.5. The largest absolute Gasteiger partial charge is 0.495 e. The van der Waals surface area contributed by atoms with Crippen molar-refractivity contribution in [1.82, 2.24) is 14.9 Å². The number of benzene rings is 2. The number of nitrogens with one attached hydrogen (secondary N) is 2. The molecule has 14 heteroatoms. The number of non-ortho nitro benzene ring substituents is 1. The fourth-order valence-electron chi connectivity index (χ4n) is 5.50. The van der Waals surface area contributed by atoms with Crippen molar-refractivity contribution in [3.63, 3.8) is 0 Å². The zero-order valence-corrected chi connectivity index (χ0v) is 25.7. The number of nitro groups is 1. The van der Waals surface area contributed by atoms with Gasteiger partial charge in [-0.25, -0.2) is 8.42 Å². The van der Waals surface area contributed by atoms with E-state index in [9.17, 15) is 18.5 Å². The summed E-state index contributed by atoms with van der Waals surface area (Å²) in [6.07, 6.45) is 2.79. The van der Waals surface area contributed by atoms with Crippen molar-refractivity contribution in [2.45, 2.75) is 25.9 Å². The van der Waals surface area contributed by atoms with Gasteiger partial charge in [-0.05, 0) is 74.1 Å². The molecular weight excluding hydrogens is 592 g/mol. The van der Waals surface area contributed by atoms with E-state index in [2.05, 4.69) is 15.0 Å². The molecule has 0 bridgehead atoms. The van der Waals surface area contributed by atoms with Crippen LogP contribution in [0.2, 0.25) is 0 Å².